The van der Waals surface area contributed by atoms with Crippen molar-refractivity contribution in [3.8, 4) is 5.75 Å². The highest BCUT2D eigenvalue weighted by atomic mass is 32.2. The number of fused-ring (bicyclic) bond motifs is 6. The number of carbonyl (C=O) groups is 1. The van der Waals surface area contributed by atoms with Gasteiger partial charge in [-0.3, -0.25) is 18.6 Å². The summed E-state index contributed by atoms with van der Waals surface area (Å²) in [6, 6.07) is 18.6. The maximum Gasteiger partial charge on any atom is 0.263 e. The highest BCUT2D eigenvalue weighted by molar-refractivity contribution is 7.99. The van der Waals surface area contributed by atoms with Crippen LogP contribution in [-0.2, 0) is 11.3 Å². The Morgan fingerprint density at radius 3 is 2.68 bits per heavy atom. The minimum Gasteiger partial charge on any atom is -0.495 e. The number of nitrogens with zero attached hydrogens (tertiary/aromatic N) is 4. The summed E-state index contributed by atoms with van der Waals surface area (Å²) in [5.41, 5.74) is 2.43. The van der Waals surface area contributed by atoms with Crippen molar-refractivity contribution in [2.24, 2.45) is 0 Å². The van der Waals surface area contributed by atoms with Crippen LogP contribution >= 0.6 is 11.8 Å². The van der Waals surface area contributed by atoms with E-state index < -0.39 is 0 Å². The lowest BCUT2D eigenvalue weighted by atomic mass is 10.1. The lowest BCUT2D eigenvalue weighted by Crippen LogP contribution is -2.22. The molecule has 0 unspecified atom stereocenters. The summed E-state index contributed by atoms with van der Waals surface area (Å²) in [6.45, 7) is 4.04. The third-order valence-electron chi connectivity index (χ3n) is 6.10. The number of rotatable bonds is 7. The first-order valence-corrected chi connectivity index (χ1v) is 12.5. The van der Waals surface area contributed by atoms with Crippen molar-refractivity contribution in [3.63, 3.8) is 0 Å². The molecule has 0 aliphatic carbocycles. The molecule has 3 heterocycles. The van der Waals surface area contributed by atoms with Gasteiger partial charge < -0.3 is 14.5 Å². The van der Waals surface area contributed by atoms with Crippen molar-refractivity contribution >= 4 is 62.0 Å². The Morgan fingerprint density at radius 1 is 1.08 bits per heavy atom. The van der Waals surface area contributed by atoms with Gasteiger partial charge in [-0.05, 0) is 24.3 Å². The van der Waals surface area contributed by atoms with Gasteiger partial charge in [0, 0.05) is 23.4 Å². The van der Waals surface area contributed by atoms with Crippen LogP contribution in [0.25, 0.3) is 38.6 Å². The number of nitrogens with one attached hydrogen (secondary N) is 1. The van der Waals surface area contributed by atoms with Gasteiger partial charge in [-0.25, -0.2) is 0 Å². The van der Waals surface area contributed by atoms with E-state index in [4.69, 9.17) is 9.15 Å². The number of thioether (sulfide) groups is 1. The normalized spacial score (nSPS) is 11.5. The number of amides is 1. The number of furan rings is 1. The Bertz CT molecular complexity index is 1900. The van der Waals surface area contributed by atoms with Crippen LogP contribution in [0, 0.1) is 0 Å². The van der Waals surface area contributed by atoms with Gasteiger partial charge in [0.1, 0.15) is 16.9 Å². The average Bonchev–Trinajstić information content (AvgIpc) is 3.50. The van der Waals surface area contributed by atoms with Crippen LogP contribution in [0.3, 0.4) is 0 Å². The van der Waals surface area contributed by atoms with Gasteiger partial charge in [0.15, 0.2) is 5.16 Å². The molecule has 6 aromatic rings. The fourth-order valence-electron chi connectivity index (χ4n) is 4.46. The number of aromatic nitrogens is 4. The molecule has 10 heteroatoms. The number of hydrogen-bond acceptors (Lipinski definition) is 7. The van der Waals surface area contributed by atoms with Gasteiger partial charge in [-0.2, -0.15) is 0 Å². The molecule has 0 spiro atoms. The second-order valence-corrected chi connectivity index (χ2v) is 9.27. The minimum absolute atomic E-state index is 0.0665. The van der Waals surface area contributed by atoms with Crippen LogP contribution in [0.4, 0.5) is 5.69 Å². The molecule has 0 atom stereocenters. The SMILES string of the molecule is C=CCn1c(=O)c2ccccc2n2c(SCC(=O)Nc3cc4oc5ccccc5c4cc3OC)nnc12. The van der Waals surface area contributed by atoms with Gasteiger partial charge in [-0.15, -0.1) is 16.8 Å². The number of ether oxygens (including phenoxy) is 1. The monoisotopic (exact) mass is 511 g/mol. The molecular weight excluding hydrogens is 490 g/mol. The Kier molecular flexibility index (Phi) is 5.65. The van der Waals surface area contributed by atoms with E-state index in [1.165, 1.54) is 16.3 Å². The number of para-hydroxylation sites is 2. The molecule has 6 rings (SSSR count). The van der Waals surface area contributed by atoms with Crippen molar-refractivity contribution in [2.75, 3.05) is 18.2 Å². The quantitative estimate of drug-likeness (QED) is 0.241. The molecule has 0 bridgehead atoms. The van der Waals surface area contributed by atoms with Gasteiger partial charge in [0.2, 0.25) is 11.7 Å². The summed E-state index contributed by atoms with van der Waals surface area (Å²) in [5.74, 6) is 0.740. The molecule has 3 aromatic heterocycles. The molecule has 0 saturated carbocycles. The second kappa shape index (κ2) is 9.14. The first-order chi connectivity index (χ1) is 18.1. The van der Waals surface area contributed by atoms with Crippen molar-refractivity contribution < 1.29 is 13.9 Å². The molecule has 184 valence electrons. The molecule has 0 saturated heterocycles. The highest BCUT2D eigenvalue weighted by Crippen LogP contribution is 2.36. The molecular formula is C27H21N5O4S. The first kappa shape index (κ1) is 22.9. The van der Waals surface area contributed by atoms with Gasteiger partial charge in [0.25, 0.3) is 5.56 Å². The molecule has 1 amide bonds. The van der Waals surface area contributed by atoms with Crippen LogP contribution in [0.1, 0.15) is 0 Å². The van der Waals surface area contributed by atoms with Gasteiger partial charge >= 0.3 is 0 Å². The number of anilines is 1. The van der Waals surface area contributed by atoms with E-state index >= 15 is 0 Å². The summed E-state index contributed by atoms with van der Waals surface area (Å²) in [4.78, 5) is 25.9. The number of methoxy groups -OCH3 is 1. The van der Waals surface area contributed by atoms with E-state index in [-0.39, 0.29) is 17.2 Å². The van der Waals surface area contributed by atoms with E-state index in [1.54, 1.807) is 29.7 Å². The largest absolute Gasteiger partial charge is 0.495 e. The van der Waals surface area contributed by atoms with E-state index in [0.717, 1.165) is 16.4 Å². The van der Waals surface area contributed by atoms with E-state index in [9.17, 15) is 9.59 Å². The molecule has 3 aromatic carbocycles. The van der Waals surface area contributed by atoms with Crippen molar-refractivity contribution in [3.05, 3.63) is 83.7 Å². The standard InChI is InChI=1S/C27H21N5O4S/c1-3-12-31-25(34)17-9-4-6-10-20(17)32-26(31)29-30-27(32)37-15-24(33)28-19-14-22-18(13-23(19)35-2)16-8-5-7-11-21(16)36-22/h3-11,13-14H,1,12,15H2,2H3,(H,28,33). The number of benzene rings is 3. The first-order valence-electron chi connectivity index (χ1n) is 11.5. The summed E-state index contributed by atoms with van der Waals surface area (Å²) in [6.07, 6.45) is 1.64. The predicted octanol–water partition coefficient (Wildman–Crippen LogP) is 4.87. The molecule has 0 fully saturated rings. The fourth-order valence-corrected chi connectivity index (χ4v) is 5.20. The van der Waals surface area contributed by atoms with Crippen LogP contribution < -0.4 is 15.6 Å². The molecule has 0 aliphatic heterocycles. The van der Waals surface area contributed by atoms with Crippen LogP contribution in [0.15, 0.2) is 87.7 Å². The van der Waals surface area contributed by atoms with Gasteiger partial charge in [0.05, 0.1) is 29.5 Å². The Balaban J connectivity index is 1.30. The highest BCUT2D eigenvalue weighted by Gasteiger charge is 2.18. The molecule has 9 nitrogen and oxygen atoms in total. The fraction of sp³-hybridized carbons (Fsp3) is 0.111. The summed E-state index contributed by atoms with van der Waals surface area (Å²) >= 11 is 1.22. The van der Waals surface area contributed by atoms with E-state index in [0.29, 0.717) is 45.4 Å². The van der Waals surface area contributed by atoms with Crippen molar-refractivity contribution in [2.45, 2.75) is 11.7 Å². The Morgan fingerprint density at radius 2 is 1.86 bits per heavy atom. The van der Waals surface area contributed by atoms with Crippen molar-refractivity contribution in [1.82, 2.24) is 19.2 Å². The van der Waals surface area contributed by atoms with E-state index in [1.807, 2.05) is 48.5 Å². The van der Waals surface area contributed by atoms with Crippen LogP contribution in [0.5, 0.6) is 5.75 Å². The zero-order chi connectivity index (χ0) is 25.5. The molecule has 37 heavy (non-hydrogen) atoms. The maximum absolute atomic E-state index is 13.0. The number of allylic oxidation sites excluding steroid dienone is 1. The van der Waals surface area contributed by atoms with Crippen molar-refractivity contribution in [1.29, 1.82) is 0 Å². The third-order valence-corrected chi connectivity index (χ3v) is 7.02. The zero-order valence-electron chi connectivity index (χ0n) is 19.8. The maximum atomic E-state index is 13.0. The molecule has 1 N–H and O–H groups in total. The number of hydrogen-bond donors (Lipinski definition) is 1. The lowest BCUT2D eigenvalue weighted by Gasteiger charge is -2.11. The smallest absolute Gasteiger partial charge is 0.263 e. The topological polar surface area (TPSA) is 104 Å². The average molecular weight is 512 g/mol. The summed E-state index contributed by atoms with van der Waals surface area (Å²) in [5, 5.41) is 14.3. The van der Waals surface area contributed by atoms with E-state index in [2.05, 4.69) is 22.1 Å². The van der Waals surface area contributed by atoms with Gasteiger partial charge in [-0.1, -0.05) is 48.2 Å². The minimum atomic E-state index is -0.251. The van der Waals surface area contributed by atoms with Crippen LogP contribution in [-0.4, -0.2) is 37.9 Å². The second-order valence-electron chi connectivity index (χ2n) is 8.32. The Hall–Kier alpha value is -4.57. The molecule has 0 radical (unpaired) electrons. The molecule has 0 aliphatic rings. The van der Waals surface area contributed by atoms with Crippen LogP contribution in [0.2, 0.25) is 0 Å². The lowest BCUT2D eigenvalue weighted by molar-refractivity contribution is -0.113. The summed E-state index contributed by atoms with van der Waals surface area (Å²) < 4.78 is 14.8. The third kappa shape index (κ3) is 3.82. The predicted molar refractivity (Wildman–Crippen MR) is 145 cm³/mol. The number of carbonyl (C=O) groups excluding carboxylic acids is 1. The summed E-state index contributed by atoms with van der Waals surface area (Å²) in [7, 11) is 1.56. The Labute approximate surface area is 214 Å². The zero-order valence-corrected chi connectivity index (χ0v) is 20.6.